The van der Waals surface area contributed by atoms with Gasteiger partial charge in [-0.15, -0.1) is 0 Å². The van der Waals surface area contributed by atoms with Gasteiger partial charge in [0.05, 0.1) is 0 Å². The largest absolute Gasteiger partial charge is 0.385 e. The van der Waals surface area contributed by atoms with E-state index in [9.17, 15) is 0 Å². The van der Waals surface area contributed by atoms with E-state index in [1.165, 1.54) is 68.5 Å². The van der Waals surface area contributed by atoms with Gasteiger partial charge in [-0.1, -0.05) is 74.8 Å². The third kappa shape index (κ3) is 8.84. The topological polar surface area (TPSA) is 12.5 Å². The number of benzene rings is 1. The fourth-order valence-electron chi connectivity index (χ4n) is 3.32. The van der Waals surface area contributed by atoms with E-state index in [2.05, 4.69) is 56.5 Å². The van der Waals surface area contributed by atoms with Gasteiger partial charge in [0.25, 0.3) is 0 Å². The van der Waals surface area contributed by atoms with Crippen LogP contribution in [0.4, 0.5) is 0 Å². The normalized spacial score (nSPS) is 12.5. The molecule has 1 atom stereocenters. The van der Waals surface area contributed by atoms with E-state index in [0.29, 0.717) is 0 Å². The van der Waals surface area contributed by atoms with Crippen molar-refractivity contribution in [2.45, 2.75) is 58.9 Å². The van der Waals surface area contributed by atoms with Gasteiger partial charge in [0.1, 0.15) is 8.80 Å². The summed E-state index contributed by atoms with van der Waals surface area (Å²) in [6.07, 6.45) is 9.48. The minimum Gasteiger partial charge on any atom is -0.385 e. The first-order valence-corrected chi connectivity index (χ1v) is 12.5. The van der Waals surface area contributed by atoms with Gasteiger partial charge in [-0.2, -0.15) is 0 Å². The predicted octanol–water partition coefficient (Wildman–Crippen LogP) is 4.63. The first-order chi connectivity index (χ1) is 12.3. The van der Waals surface area contributed by atoms with Gasteiger partial charge in [0.15, 0.2) is 0 Å². The van der Waals surface area contributed by atoms with Crippen molar-refractivity contribution in [3.63, 3.8) is 0 Å². The lowest BCUT2D eigenvalue weighted by Gasteiger charge is -2.24. The summed E-state index contributed by atoms with van der Waals surface area (Å²) >= 11 is 0. The molecule has 0 spiro atoms. The van der Waals surface area contributed by atoms with Crippen molar-refractivity contribution in [2.75, 3.05) is 32.5 Å². The lowest BCUT2D eigenvalue weighted by atomic mass is 10.2. The molecule has 2 nitrogen and oxygen atoms in total. The summed E-state index contributed by atoms with van der Waals surface area (Å²) in [5.74, 6) is 0. The molecule has 25 heavy (non-hydrogen) atoms. The monoisotopic (exact) mass is 361 g/mol. The first-order valence-electron chi connectivity index (χ1n) is 10.3. The van der Waals surface area contributed by atoms with Crippen LogP contribution in [-0.2, 0) is 4.74 Å². The number of unbranched alkanes of at least 4 members (excludes halogenated alkanes) is 2. The summed E-state index contributed by atoms with van der Waals surface area (Å²) in [7, 11) is -1.10. The van der Waals surface area contributed by atoms with Crippen molar-refractivity contribution in [1.82, 2.24) is 4.90 Å². The third-order valence-corrected chi connectivity index (χ3v) is 8.01. The van der Waals surface area contributed by atoms with Gasteiger partial charge in [0.2, 0.25) is 0 Å². The zero-order chi connectivity index (χ0) is 18.3. The van der Waals surface area contributed by atoms with E-state index < -0.39 is 8.80 Å². The van der Waals surface area contributed by atoms with Crippen molar-refractivity contribution in [1.29, 1.82) is 0 Å². The number of hydrogen-bond acceptors (Lipinski definition) is 2. The Balaban J connectivity index is 2.63. The maximum Gasteiger partial charge on any atom is 0.101 e. The Labute approximate surface area is 157 Å². The zero-order valence-corrected chi connectivity index (χ0v) is 18.0. The summed E-state index contributed by atoms with van der Waals surface area (Å²) in [6, 6.07) is 10.1. The quantitative estimate of drug-likeness (QED) is 0.422. The highest BCUT2D eigenvalue weighted by atomic mass is 28.3. The molecule has 0 N–H and O–H groups in total. The molecule has 1 unspecified atom stereocenters. The Hall–Kier alpha value is -0.903. The smallest absolute Gasteiger partial charge is 0.101 e. The molecule has 0 saturated heterocycles. The Morgan fingerprint density at radius 3 is 2.24 bits per heavy atom. The van der Waals surface area contributed by atoms with Crippen LogP contribution in [0, 0.1) is 0 Å². The molecule has 0 saturated carbocycles. The summed E-state index contributed by atoms with van der Waals surface area (Å²) < 4.78 is 5.85. The first kappa shape index (κ1) is 22.1. The number of ether oxygens (including phenoxy) is 1. The molecule has 3 heteroatoms. The van der Waals surface area contributed by atoms with Gasteiger partial charge < -0.3 is 9.64 Å². The molecule has 0 heterocycles. The molecule has 0 bridgehead atoms. The highest BCUT2D eigenvalue weighted by Gasteiger charge is 2.17. The maximum atomic E-state index is 5.85. The zero-order valence-electron chi connectivity index (χ0n) is 16.8. The highest BCUT2D eigenvalue weighted by Crippen LogP contribution is 2.08. The van der Waals surface area contributed by atoms with Crippen LogP contribution >= 0.6 is 0 Å². The molecule has 0 aromatic heterocycles. The Kier molecular flexibility index (Phi) is 12.7. The molecule has 142 valence electrons. The van der Waals surface area contributed by atoms with Crippen molar-refractivity contribution in [3.8, 4) is 0 Å². The van der Waals surface area contributed by atoms with Crippen LogP contribution in [0.25, 0.3) is 6.08 Å². The molecular weight excluding hydrogens is 322 g/mol. The van der Waals surface area contributed by atoms with Crippen molar-refractivity contribution in [3.05, 3.63) is 36.4 Å². The fourth-order valence-corrected chi connectivity index (χ4v) is 6.24. The molecule has 0 aliphatic heterocycles. The Morgan fingerprint density at radius 2 is 1.64 bits per heavy atom. The van der Waals surface area contributed by atoms with Gasteiger partial charge in [-0.25, -0.2) is 0 Å². The van der Waals surface area contributed by atoms with E-state index >= 15 is 0 Å². The van der Waals surface area contributed by atoms with E-state index in [4.69, 9.17) is 4.74 Å². The number of hydrogen-bond donors (Lipinski definition) is 0. The van der Waals surface area contributed by atoms with Crippen molar-refractivity contribution >= 4 is 20.1 Å². The van der Waals surface area contributed by atoms with Crippen LogP contribution in [0.5, 0.6) is 0 Å². The van der Waals surface area contributed by atoms with Crippen LogP contribution in [-0.4, -0.2) is 46.2 Å². The van der Waals surface area contributed by atoms with E-state index in [0.717, 1.165) is 12.8 Å². The summed E-state index contributed by atoms with van der Waals surface area (Å²) in [4.78, 5) is 2.68. The lowest BCUT2D eigenvalue weighted by Crippen LogP contribution is -2.38. The summed E-state index contributed by atoms with van der Waals surface area (Å²) in [5, 5.41) is 1.53. The van der Waals surface area contributed by atoms with Crippen LogP contribution in [0.1, 0.15) is 58.4 Å². The van der Waals surface area contributed by atoms with E-state index in [-0.39, 0.29) is 0 Å². The second-order valence-corrected chi connectivity index (χ2v) is 9.81. The number of rotatable bonds is 15. The van der Waals surface area contributed by atoms with Crippen LogP contribution in [0.3, 0.4) is 0 Å². The molecular formula is C22H39NOSi. The Bertz CT molecular complexity index is 455. The molecule has 0 aliphatic rings. The molecule has 0 amide bonds. The molecule has 1 aromatic carbocycles. The van der Waals surface area contributed by atoms with E-state index in [1.54, 1.807) is 0 Å². The van der Waals surface area contributed by atoms with Gasteiger partial charge in [-0.05, 0) is 51.4 Å². The van der Waals surface area contributed by atoms with Gasteiger partial charge in [-0.3, -0.25) is 0 Å². The fraction of sp³-hybridized carbons (Fsp3) is 0.636. The average molecular weight is 362 g/mol. The Morgan fingerprint density at radius 1 is 1.00 bits per heavy atom. The second-order valence-electron chi connectivity index (χ2n) is 6.88. The molecule has 0 radical (unpaired) electrons. The SMILES string of the molecule is C=Cc1ccccc1[SiH](CCCN(CCCC)CCCC)COCC. The van der Waals surface area contributed by atoms with Crippen LogP contribution < -0.4 is 5.19 Å². The van der Waals surface area contributed by atoms with Crippen LogP contribution in [0.15, 0.2) is 30.8 Å². The average Bonchev–Trinajstić information content (AvgIpc) is 2.66. The molecule has 1 rings (SSSR count). The predicted molar refractivity (Wildman–Crippen MR) is 115 cm³/mol. The molecule has 0 fully saturated rings. The minimum absolute atomic E-state index is 0.818. The second kappa shape index (κ2) is 14.3. The van der Waals surface area contributed by atoms with Crippen molar-refractivity contribution < 1.29 is 4.74 Å². The minimum atomic E-state index is -1.10. The summed E-state index contributed by atoms with van der Waals surface area (Å²) in [5.41, 5.74) is 1.31. The number of nitrogens with zero attached hydrogens (tertiary/aromatic N) is 1. The maximum absolute atomic E-state index is 5.85. The van der Waals surface area contributed by atoms with Gasteiger partial charge in [0, 0.05) is 12.8 Å². The standard InChI is InChI=1S/C22H39NOSi/c1-5-9-16-23(17-10-6-2)18-13-19-25(20-24-8-4)22-15-12-11-14-21(22)7-3/h7,11-12,14-15,25H,3,5-6,8-10,13,16-20H2,1-2,4H3. The third-order valence-electron chi connectivity index (χ3n) is 4.86. The highest BCUT2D eigenvalue weighted by molar-refractivity contribution is 6.73. The summed E-state index contributed by atoms with van der Waals surface area (Å²) in [6.45, 7) is 15.3. The lowest BCUT2D eigenvalue weighted by molar-refractivity contribution is 0.191. The molecule has 1 aromatic rings. The molecule has 0 aliphatic carbocycles. The van der Waals surface area contributed by atoms with E-state index in [1.807, 2.05) is 6.08 Å². The van der Waals surface area contributed by atoms with Gasteiger partial charge >= 0.3 is 0 Å². The van der Waals surface area contributed by atoms with Crippen molar-refractivity contribution in [2.24, 2.45) is 0 Å². The van der Waals surface area contributed by atoms with Crippen LogP contribution in [0.2, 0.25) is 6.04 Å².